The zero-order chi connectivity index (χ0) is 12.0. The number of carbonyl (C=O) groups excluding carboxylic acids is 1. The van der Waals surface area contributed by atoms with E-state index in [-0.39, 0.29) is 17.9 Å². The van der Waals surface area contributed by atoms with Gasteiger partial charge >= 0.3 is 0 Å². The maximum Gasteiger partial charge on any atom is 0.229 e. The monoisotopic (exact) mass is 225 g/mol. The number of rotatable bonds is 5. The highest BCUT2D eigenvalue weighted by Crippen LogP contribution is 2.16. The summed E-state index contributed by atoms with van der Waals surface area (Å²) in [5.41, 5.74) is 0. The van der Waals surface area contributed by atoms with Gasteiger partial charge in [-0.25, -0.2) is 0 Å². The van der Waals surface area contributed by atoms with Gasteiger partial charge in [0.1, 0.15) is 0 Å². The summed E-state index contributed by atoms with van der Waals surface area (Å²) in [5, 5.41) is 11.6. The molecule has 1 heterocycles. The molecule has 1 N–H and O–H groups in total. The molecule has 90 valence electrons. The molecule has 1 amide bonds. The topological polar surface area (TPSA) is 65.4 Å². The summed E-state index contributed by atoms with van der Waals surface area (Å²) in [6.07, 6.45) is 0.386. The van der Waals surface area contributed by atoms with Crippen LogP contribution in [0.25, 0.3) is 0 Å². The third-order valence-electron chi connectivity index (χ3n) is 2.96. The van der Waals surface area contributed by atoms with E-state index in [1.54, 1.807) is 4.90 Å². The second-order valence-electron chi connectivity index (χ2n) is 3.87. The number of nitriles is 1. The van der Waals surface area contributed by atoms with Crippen LogP contribution in [-0.4, -0.2) is 50.2 Å². The lowest BCUT2D eigenvalue weighted by molar-refractivity contribution is -0.135. The summed E-state index contributed by atoms with van der Waals surface area (Å²) in [4.78, 5) is 13.9. The van der Waals surface area contributed by atoms with Gasteiger partial charge in [-0.15, -0.1) is 0 Å². The standard InChI is InChI=1S/C11H19N3O2/c1-3-14(6-4-5-12)11(15)9-7-16-8-10(9)13-2/h9-10,13H,3-4,6-8H2,1-2H3. The fourth-order valence-electron chi connectivity index (χ4n) is 1.93. The quantitative estimate of drug-likeness (QED) is 0.714. The van der Waals surface area contributed by atoms with Crippen molar-refractivity contribution in [2.45, 2.75) is 19.4 Å². The largest absolute Gasteiger partial charge is 0.379 e. The number of carbonyl (C=O) groups is 1. The van der Waals surface area contributed by atoms with E-state index in [1.807, 2.05) is 14.0 Å². The summed E-state index contributed by atoms with van der Waals surface area (Å²) in [5.74, 6) is -0.0155. The first-order valence-corrected chi connectivity index (χ1v) is 5.65. The molecule has 0 aromatic carbocycles. The summed E-state index contributed by atoms with van der Waals surface area (Å²) < 4.78 is 5.31. The number of hydrogen-bond donors (Lipinski definition) is 1. The molecule has 0 aliphatic carbocycles. The fraction of sp³-hybridized carbons (Fsp3) is 0.818. The van der Waals surface area contributed by atoms with Crippen LogP contribution in [0.5, 0.6) is 0 Å². The number of nitrogens with one attached hydrogen (secondary N) is 1. The first-order chi connectivity index (χ1) is 7.74. The van der Waals surface area contributed by atoms with E-state index in [0.717, 1.165) is 0 Å². The van der Waals surface area contributed by atoms with Crippen molar-refractivity contribution in [3.8, 4) is 6.07 Å². The maximum absolute atomic E-state index is 12.1. The van der Waals surface area contributed by atoms with E-state index >= 15 is 0 Å². The minimum absolute atomic E-state index is 0.0922. The van der Waals surface area contributed by atoms with Crippen molar-refractivity contribution in [1.29, 1.82) is 5.26 Å². The summed E-state index contributed by atoms with van der Waals surface area (Å²) in [7, 11) is 1.84. The predicted molar refractivity (Wildman–Crippen MR) is 59.6 cm³/mol. The Kier molecular flexibility index (Phi) is 5.23. The lowest BCUT2D eigenvalue weighted by atomic mass is 10.0. The van der Waals surface area contributed by atoms with Gasteiger partial charge in [-0.05, 0) is 14.0 Å². The molecular formula is C11H19N3O2. The number of likely N-dealkylation sites (N-methyl/N-ethyl adjacent to an activating group) is 1. The molecule has 1 fully saturated rings. The zero-order valence-electron chi connectivity index (χ0n) is 9.90. The van der Waals surface area contributed by atoms with Crippen LogP contribution in [0.4, 0.5) is 0 Å². The second-order valence-corrected chi connectivity index (χ2v) is 3.87. The molecule has 5 nitrogen and oxygen atoms in total. The molecule has 1 aliphatic heterocycles. The van der Waals surface area contributed by atoms with E-state index in [4.69, 9.17) is 10.00 Å². The lowest BCUT2D eigenvalue weighted by Gasteiger charge is -2.25. The van der Waals surface area contributed by atoms with Crippen LogP contribution >= 0.6 is 0 Å². The molecular weight excluding hydrogens is 206 g/mol. The van der Waals surface area contributed by atoms with Crippen molar-refractivity contribution < 1.29 is 9.53 Å². The van der Waals surface area contributed by atoms with Gasteiger partial charge in [0.15, 0.2) is 0 Å². The second kappa shape index (κ2) is 6.46. The van der Waals surface area contributed by atoms with E-state index in [0.29, 0.717) is 32.7 Å². The van der Waals surface area contributed by atoms with E-state index in [1.165, 1.54) is 0 Å². The molecule has 0 radical (unpaired) electrons. The van der Waals surface area contributed by atoms with Gasteiger partial charge in [0, 0.05) is 19.1 Å². The van der Waals surface area contributed by atoms with Crippen LogP contribution in [0.2, 0.25) is 0 Å². The lowest BCUT2D eigenvalue weighted by Crippen LogP contribution is -2.45. The first-order valence-electron chi connectivity index (χ1n) is 5.65. The van der Waals surface area contributed by atoms with Crippen LogP contribution in [0.15, 0.2) is 0 Å². The van der Waals surface area contributed by atoms with Gasteiger partial charge in [-0.1, -0.05) is 0 Å². The van der Waals surface area contributed by atoms with Gasteiger partial charge in [0.05, 0.1) is 31.6 Å². The third kappa shape index (κ3) is 2.94. The van der Waals surface area contributed by atoms with Crippen LogP contribution in [0, 0.1) is 17.2 Å². The number of ether oxygens (including phenoxy) is 1. The van der Waals surface area contributed by atoms with Crippen molar-refractivity contribution in [2.75, 3.05) is 33.4 Å². The average Bonchev–Trinajstić information content (AvgIpc) is 2.77. The predicted octanol–water partition coefficient (Wildman–Crippen LogP) is -0.0170. The maximum atomic E-state index is 12.1. The Morgan fingerprint density at radius 3 is 2.94 bits per heavy atom. The molecule has 16 heavy (non-hydrogen) atoms. The van der Waals surface area contributed by atoms with Crippen LogP contribution < -0.4 is 5.32 Å². The van der Waals surface area contributed by atoms with Crippen LogP contribution in [0.3, 0.4) is 0 Å². The molecule has 2 atom stereocenters. The van der Waals surface area contributed by atoms with Gasteiger partial charge in [-0.3, -0.25) is 4.79 Å². The third-order valence-corrected chi connectivity index (χ3v) is 2.96. The molecule has 0 aromatic rings. The van der Waals surface area contributed by atoms with E-state index in [2.05, 4.69) is 11.4 Å². The Morgan fingerprint density at radius 2 is 2.38 bits per heavy atom. The number of hydrogen-bond acceptors (Lipinski definition) is 4. The molecule has 1 rings (SSSR count). The van der Waals surface area contributed by atoms with E-state index < -0.39 is 0 Å². The Balaban J connectivity index is 2.56. The highest BCUT2D eigenvalue weighted by molar-refractivity contribution is 5.80. The molecule has 2 unspecified atom stereocenters. The Hall–Kier alpha value is -1.12. The normalized spacial score (nSPS) is 24.1. The summed E-state index contributed by atoms with van der Waals surface area (Å²) in [6, 6.07) is 2.16. The fourth-order valence-corrected chi connectivity index (χ4v) is 1.93. The van der Waals surface area contributed by atoms with Crippen molar-refractivity contribution >= 4 is 5.91 Å². The number of nitrogens with zero attached hydrogens (tertiary/aromatic N) is 2. The van der Waals surface area contributed by atoms with Crippen molar-refractivity contribution in [3.63, 3.8) is 0 Å². The molecule has 1 saturated heterocycles. The first kappa shape index (κ1) is 12.9. The minimum Gasteiger partial charge on any atom is -0.379 e. The number of amides is 1. The molecule has 0 bridgehead atoms. The van der Waals surface area contributed by atoms with Gasteiger partial charge in [-0.2, -0.15) is 5.26 Å². The van der Waals surface area contributed by atoms with Gasteiger partial charge in [0.2, 0.25) is 5.91 Å². The SMILES string of the molecule is CCN(CCC#N)C(=O)C1COCC1NC. The molecule has 1 aliphatic rings. The highest BCUT2D eigenvalue weighted by atomic mass is 16.5. The van der Waals surface area contributed by atoms with Crippen molar-refractivity contribution in [3.05, 3.63) is 0 Å². The zero-order valence-corrected chi connectivity index (χ0v) is 9.90. The highest BCUT2D eigenvalue weighted by Gasteiger charge is 2.35. The Bertz CT molecular complexity index is 275. The Labute approximate surface area is 96.4 Å². The molecule has 0 spiro atoms. The average molecular weight is 225 g/mol. The molecule has 0 aromatic heterocycles. The van der Waals surface area contributed by atoms with E-state index in [9.17, 15) is 4.79 Å². The van der Waals surface area contributed by atoms with Crippen molar-refractivity contribution in [2.24, 2.45) is 5.92 Å². The Morgan fingerprint density at radius 1 is 1.62 bits per heavy atom. The summed E-state index contributed by atoms with van der Waals surface area (Å²) in [6.45, 7) is 4.15. The van der Waals surface area contributed by atoms with Crippen molar-refractivity contribution in [1.82, 2.24) is 10.2 Å². The molecule has 0 saturated carbocycles. The van der Waals surface area contributed by atoms with Gasteiger partial charge in [0.25, 0.3) is 0 Å². The van der Waals surface area contributed by atoms with Crippen LogP contribution in [-0.2, 0) is 9.53 Å². The minimum atomic E-state index is -0.108. The van der Waals surface area contributed by atoms with Gasteiger partial charge < -0.3 is 15.0 Å². The summed E-state index contributed by atoms with van der Waals surface area (Å²) >= 11 is 0. The molecule has 5 heteroatoms. The smallest absolute Gasteiger partial charge is 0.229 e. The van der Waals surface area contributed by atoms with Crippen LogP contribution in [0.1, 0.15) is 13.3 Å².